The molecule has 2 aliphatic heterocycles. The molecule has 3 rings (SSSR count). The summed E-state index contributed by atoms with van der Waals surface area (Å²) in [5.41, 5.74) is 0.463. The molecular weight excluding hydrogens is 274 g/mol. The highest BCUT2D eigenvalue weighted by molar-refractivity contribution is 5.85. The van der Waals surface area contributed by atoms with Crippen molar-refractivity contribution >= 4 is 5.91 Å². The fraction of sp³-hybridized carbons (Fsp3) is 0.562. The summed E-state index contributed by atoms with van der Waals surface area (Å²) >= 11 is 0. The maximum atomic E-state index is 13.3. The van der Waals surface area contributed by atoms with E-state index in [9.17, 15) is 13.6 Å². The van der Waals surface area contributed by atoms with Gasteiger partial charge in [0.2, 0.25) is 5.91 Å². The predicted octanol–water partition coefficient (Wildman–Crippen LogP) is 2.27. The Morgan fingerprint density at radius 1 is 1.33 bits per heavy atom. The minimum absolute atomic E-state index is 0.225. The number of hydrogen-bond donors (Lipinski definition) is 0. The molecule has 2 aliphatic rings. The molecule has 2 fully saturated rings. The first-order valence-electron chi connectivity index (χ1n) is 7.34. The lowest BCUT2D eigenvalue weighted by atomic mass is 9.78. The minimum atomic E-state index is -0.822. The zero-order valence-corrected chi connectivity index (χ0v) is 12.4. The summed E-state index contributed by atoms with van der Waals surface area (Å²) in [5, 5.41) is 0. The molecule has 2 heterocycles. The van der Waals surface area contributed by atoms with Crippen LogP contribution in [0.5, 0.6) is 0 Å². The summed E-state index contributed by atoms with van der Waals surface area (Å²) < 4.78 is 26.3. The lowest BCUT2D eigenvalue weighted by Crippen LogP contribution is -2.38. The molecule has 0 unspecified atom stereocenters. The number of rotatable bonds is 2. The second-order valence-electron chi connectivity index (χ2n) is 6.45. The second-order valence-corrected chi connectivity index (χ2v) is 6.45. The van der Waals surface area contributed by atoms with Crippen molar-refractivity contribution in [3.63, 3.8) is 0 Å². The lowest BCUT2D eigenvalue weighted by molar-refractivity contribution is -0.135. The molecule has 0 saturated carbocycles. The van der Waals surface area contributed by atoms with Crippen LogP contribution in [0.1, 0.15) is 18.9 Å². The lowest BCUT2D eigenvalue weighted by Gasteiger charge is -2.25. The molecule has 0 aromatic heterocycles. The first-order valence-corrected chi connectivity index (χ1v) is 7.34. The molecule has 1 amide bonds. The fourth-order valence-corrected chi connectivity index (χ4v) is 3.76. The van der Waals surface area contributed by atoms with E-state index >= 15 is 0 Å². The van der Waals surface area contributed by atoms with Gasteiger partial charge in [0.05, 0.1) is 5.41 Å². The zero-order valence-electron chi connectivity index (χ0n) is 12.4. The molecule has 2 saturated heterocycles. The molecular formula is C16H20F2N2O. The minimum Gasteiger partial charge on any atom is -0.345 e. The average molecular weight is 294 g/mol. The van der Waals surface area contributed by atoms with E-state index in [1.54, 1.807) is 11.0 Å². The number of carbonyl (C=O) groups is 1. The van der Waals surface area contributed by atoms with Gasteiger partial charge in [0.1, 0.15) is 0 Å². The molecule has 1 spiro atoms. The van der Waals surface area contributed by atoms with E-state index in [2.05, 4.69) is 11.8 Å². The molecule has 114 valence electrons. The molecule has 3 nitrogen and oxygen atoms in total. The first kappa shape index (κ1) is 14.4. The fourth-order valence-electron chi connectivity index (χ4n) is 3.76. The molecule has 2 atom stereocenters. The molecule has 5 heteroatoms. The van der Waals surface area contributed by atoms with Crippen molar-refractivity contribution in [2.45, 2.75) is 19.9 Å². The predicted molar refractivity (Wildman–Crippen MR) is 75.5 cm³/mol. The third-order valence-electron chi connectivity index (χ3n) is 5.04. The van der Waals surface area contributed by atoms with E-state index in [4.69, 9.17) is 0 Å². The van der Waals surface area contributed by atoms with Crippen LogP contribution in [0, 0.1) is 23.0 Å². The maximum absolute atomic E-state index is 13.3. The van der Waals surface area contributed by atoms with Crippen molar-refractivity contribution in [3.8, 4) is 0 Å². The van der Waals surface area contributed by atoms with E-state index < -0.39 is 11.6 Å². The highest BCUT2D eigenvalue weighted by atomic mass is 19.2. The van der Waals surface area contributed by atoms with Crippen molar-refractivity contribution in [2.75, 3.05) is 26.7 Å². The smallest absolute Gasteiger partial charge is 0.230 e. The summed E-state index contributed by atoms with van der Waals surface area (Å²) in [6.45, 7) is 5.00. The van der Waals surface area contributed by atoms with E-state index in [1.165, 1.54) is 6.07 Å². The van der Waals surface area contributed by atoms with Gasteiger partial charge in [-0.15, -0.1) is 0 Å². The Labute approximate surface area is 123 Å². The van der Waals surface area contributed by atoms with Crippen LogP contribution in [0.25, 0.3) is 0 Å². The van der Waals surface area contributed by atoms with Gasteiger partial charge in [-0.25, -0.2) is 8.78 Å². The van der Waals surface area contributed by atoms with E-state index in [0.717, 1.165) is 31.1 Å². The Hall–Kier alpha value is -1.49. The van der Waals surface area contributed by atoms with E-state index in [-0.39, 0.29) is 11.3 Å². The van der Waals surface area contributed by atoms with Crippen LogP contribution in [0.2, 0.25) is 0 Å². The molecule has 0 radical (unpaired) electrons. The summed E-state index contributed by atoms with van der Waals surface area (Å²) in [5.74, 6) is -1.12. The summed E-state index contributed by atoms with van der Waals surface area (Å²) in [7, 11) is 1.85. The van der Waals surface area contributed by atoms with Crippen LogP contribution in [0.4, 0.5) is 8.78 Å². The summed E-state index contributed by atoms with van der Waals surface area (Å²) in [6, 6.07) is 4.01. The largest absolute Gasteiger partial charge is 0.345 e. The summed E-state index contributed by atoms with van der Waals surface area (Å²) in [4.78, 5) is 16.4. The molecule has 0 N–H and O–H groups in total. The van der Waals surface area contributed by atoms with E-state index in [1.807, 2.05) is 7.05 Å². The van der Waals surface area contributed by atoms with Gasteiger partial charge in [-0.3, -0.25) is 9.69 Å². The average Bonchev–Trinajstić information content (AvgIpc) is 2.90. The molecule has 0 aliphatic carbocycles. The maximum Gasteiger partial charge on any atom is 0.230 e. The Morgan fingerprint density at radius 3 is 2.71 bits per heavy atom. The van der Waals surface area contributed by atoms with Gasteiger partial charge >= 0.3 is 0 Å². The number of nitrogens with zero attached hydrogens (tertiary/aromatic N) is 2. The highest BCUT2D eigenvalue weighted by Gasteiger charge is 2.53. The van der Waals surface area contributed by atoms with Gasteiger partial charge in [0.15, 0.2) is 11.6 Å². The first-order chi connectivity index (χ1) is 9.92. The van der Waals surface area contributed by atoms with Gasteiger partial charge in [0, 0.05) is 33.2 Å². The molecule has 1 aromatic carbocycles. The van der Waals surface area contributed by atoms with Gasteiger partial charge in [-0.05, 0) is 30.0 Å². The molecule has 0 bridgehead atoms. The van der Waals surface area contributed by atoms with Crippen LogP contribution in [-0.4, -0.2) is 42.4 Å². The van der Waals surface area contributed by atoms with Crippen molar-refractivity contribution < 1.29 is 13.6 Å². The van der Waals surface area contributed by atoms with Gasteiger partial charge in [-0.2, -0.15) is 0 Å². The number of halogens is 2. The van der Waals surface area contributed by atoms with Crippen LogP contribution in [0.3, 0.4) is 0 Å². The third-order valence-corrected chi connectivity index (χ3v) is 5.04. The Balaban J connectivity index is 1.74. The van der Waals surface area contributed by atoms with Crippen LogP contribution in [-0.2, 0) is 11.3 Å². The monoisotopic (exact) mass is 294 g/mol. The molecule has 21 heavy (non-hydrogen) atoms. The molecule has 1 aromatic rings. The number of benzene rings is 1. The number of carbonyl (C=O) groups excluding carboxylic acids is 1. The Morgan fingerprint density at radius 2 is 2.10 bits per heavy atom. The zero-order chi connectivity index (χ0) is 15.2. The van der Waals surface area contributed by atoms with Crippen molar-refractivity contribution in [1.82, 2.24) is 9.80 Å². The topological polar surface area (TPSA) is 23.6 Å². The van der Waals surface area contributed by atoms with Crippen LogP contribution >= 0.6 is 0 Å². The third kappa shape index (κ3) is 2.33. The number of likely N-dealkylation sites (tertiary alicyclic amines) is 2. The highest BCUT2D eigenvalue weighted by Crippen LogP contribution is 2.44. The van der Waals surface area contributed by atoms with Crippen LogP contribution in [0.15, 0.2) is 18.2 Å². The van der Waals surface area contributed by atoms with Crippen molar-refractivity contribution in [3.05, 3.63) is 35.4 Å². The Kier molecular flexibility index (Phi) is 3.48. The second kappa shape index (κ2) is 5.05. The van der Waals surface area contributed by atoms with E-state index in [0.29, 0.717) is 19.0 Å². The SMILES string of the molecule is C[C@@H]1CN(Cc2ccc(F)c(F)c2)C[C@]12CCN(C)C2=O. The van der Waals surface area contributed by atoms with Crippen molar-refractivity contribution in [2.24, 2.45) is 11.3 Å². The normalized spacial score (nSPS) is 29.8. The summed E-state index contributed by atoms with van der Waals surface area (Å²) in [6.07, 6.45) is 0.887. The van der Waals surface area contributed by atoms with Crippen LogP contribution < -0.4 is 0 Å². The number of amides is 1. The van der Waals surface area contributed by atoms with Gasteiger partial charge in [0.25, 0.3) is 0 Å². The van der Waals surface area contributed by atoms with Gasteiger partial charge in [-0.1, -0.05) is 13.0 Å². The number of hydrogen-bond acceptors (Lipinski definition) is 2. The quantitative estimate of drug-likeness (QED) is 0.835. The Bertz CT molecular complexity index is 577. The van der Waals surface area contributed by atoms with Crippen molar-refractivity contribution in [1.29, 1.82) is 0 Å². The standard InChI is InChI=1S/C16H20F2N2O/c1-11-8-20(9-12-3-4-13(17)14(18)7-12)10-16(11)5-6-19(2)15(16)21/h3-4,7,11H,5-6,8-10H2,1-2H3/t11-,16-/m1/s1. The van der Waals surface area contributed by atoms with Gasteiger partial charge < -0.3 is 4.90 Å².